The van der Waals surface area contributed by atoms with Crippen molar-refractivity contribution in [2.45, 2.75) is 13.8 Å². The second-order valence-corrected chi connectivity index (χ2v) is 7.37. The number of nitrogens with one attached hydrogen (secondary N) is 1. The summed E-state index contributed by atoms with van der Waals surface area (Å²) >= 11 is 5.98. The Bertz CT molecular complexity index is 1100. The summed E-state index contributed by atoms with van der Waals surface area (Å²) in [5, 5.41) is 3.93. The first kappa shape index (κ1) is 21.4. The monoisotopic (exact) mass is 428 g/mol. The van der Waals surface area contributed by atoms with Gasteiger partial charge in [-0.05, 0) is 44.2 Å². The number of rotatable bonds is 6. The fourth-order valence-corrected chi connectivity index (χ4v) is 3.00. The first-order valence-corrected chi connectivity index (χ1v) is 9.58. The van der Waals surface area contributed by atoms with E-state index in [9.17, 15) is 14.4 Å². The molecule has 30 heavy (non-hydrogen) atoms. The zero-order valence-corrected chi connectivity index (χ0v) is 17.6. The number of nitrogens with zero attached hydrogens (tertiary/aromatic N) is 1. The van der Waals surface area contributed by atoms with Gasteiger partial charge in [0.1, 0.15) is 5.58 Å². The normalized spacial score (nSPS) is 10.7. The lowest BCUT2D eigenvalue weighted by Gasteiger charge is -2.16. The Morgan fingerprint density at radius 2 is 1.80 bits per heavy atom. The molecule has 0 aliphatic carbocycles. The predicted molar refractivity (Wildman–Crippen MR) is 114 cm³/mol. The highest BCUT2D eigenvalue weighted by molar-refractivity contribution is 6.31. The van der Waals surface area contributed by atoms with Crippen molar-refractivity contribution in [3.05, 3.63) is 64.4 Å². The third-order valence-electron chi connectivity index (χ3n) is 4.55. The van der Waals surface area contributed by atoms with Crippen molar-refractivity contribution in [2.24, 2.45) is 0 Å². The molecule has 7 nitrogen and oxygen atoms in total. The number of ether oxygens (including phenoxy) is 1. The van der Waals surface area contributed by atoms with E-state index < -0.39 is 18.5 Å². The minimum absolute atomic E-state index is 0.0137. The van der Waals surface area contributed by atoms with E-state index in [1.165, 1.54) is 11.9 Å². The van der Waals surface area contributed by atoms with Crippen molar-refractivity contribution in [1.29, 1.82) is 0 Å². The Labute approximate surface area is 178 Å². The fourth-order valence-electron chi connectivity index (χ4n) is 2.83. The van der Waals surface area contributed by atoms with Crippen LogP contribution in [0.25, 0.3) is 11.0 Å². The summed E-state index contributed by atoms with van der Waals surface area (Å²) in [6, 6.07) is 12.3. The Hall–Kier alpha value is -3.32. The molecule has 3 rings (SSSR count). The van der Waals surface area contributed by atoms with Crippen molar-refractivity contribution < 1.29 is 23.5 Å². The lowest BCUT2D eigenvalue weighted by Crippen LogP contribution is -2.37. The number of hydrogen-bond donors (Lipinski definition) is 1. The van der Waals surface area contributed by atoms with Crippen LogP contribution in [-0.4, -0.2) is 42.9 Å². The second-order valence-electron chi connectivity index (χ2n) is 6.94. The minimum atomic E-state index is -0.759. The van der Waals surface area contributed by atoms with Crippen LogP contribution in [0.5, 0.6) is 0 Å². The fraction of sp³-hybridized carbons (Fsp3) is 0.227. The summed E-state index contributed by atoms with van der Waals surface area (Å²) in [6.45, 7) is 2.97. The molecule has 0 saturated carbocycles. The van der Waals surface area contributed by atoms with E-state index in [-0.39, 0.29) is 18.2 Å². The maximum atomic E-state index is 12.3. The summed E-state index contributed by atoms with van der Waals surface area (Å²) in [4.78, 5) is 37.9. The van der Waals surface area contributed by atoms with Gasteiger partial charge in [0.05, 0.1) is 6.54 Å². The minimum Gasteiger partial charge on any atom is -0.450 e. The molecule has 0 aliphatic rings. The average Bonchev–Trinajstić information content (AvgIpc) is 3.03. The number of amides is 2. The van der Waals surface area contributed by atoms with Gasteiger partial charge in [0, 0.05) is 28.7 Å². The van der Waals surface area contributed by atoms with Crippen molar-refractivity contribution >= 4 is 46.0 Å². The topological polar surface area (TPSA) is 88.9 Å². The number of furan rings is 1. The summed E-state index contributed by atoms with van der Waals surface area (Å²) in [6.07, 6.45) is 0. The molecular weight excluding hydrogens is 408 g/mol. The van der Waals surface area contributed by atoms with Crippen LogP contribution in [0.1, 0.15) is 21.7 Å². The van der Waals surface area contributed by atoms with E-state index in [4.69, 9.17) is 20.8 Å². The number of carbonyl (C=O) groups excluding carboxylic acids is 3. The molecule has 2 amide bonds. The van der Waals surface area contributed by atoms with Gasteiger partial charge in [-0.15, -0.1) is 0 Å². The highest BCUT2D eigenvalue weighted by Gasteiger charge is 2.21. The molecule has 0 unspecified atom stereocenters. The Kier molecular flexibility index (Phi) is 6.42. The van der Waals surface area contributed by atoms with Crippen molar-refractivity contribution in [3.8, 4) is 0 Å². The maximum Gasteiger partial charge on any atom is 0.375 e. The third-order valence-corrected chi connectivity index (χ3v) is 4.79. The van der Waals surface area contributed by atoms with Gasteiger partial charge in [-0.25, -0.2) is 4.79 Å². The summed E-state index contributed by atoms with van der Waals surface area (Å²) in [7, 11) is 1.46. The molecule has 3 aromatic rings. The first-order chi connectivity index (χ1) is 14.2. The molecule has 1 heterocycles. The number of anilines is 1. The predicted octanol–water partition coefficient (Wildman–Crippen LogP) is 3.96. The Morgan fingerprint density at radius 1 is 1.10 bits per heavy atom. The van der Waals surface area contributed by atoms with E-state index in [1.54, 1.807) is 37.3 Å². The smallest absolute Gasteiger partial charge is 0.375 e. The number of halogens is 1. The molecule has 0 spiro atoms. The number of benzene rings is 2. The molecule has 156 valence electrons. The number of hydrogen-bond acceptors (Lipinski definition) is 5. The molecule has 0 aliphatic heterocycles. The van der Waals surface area contributed by atoms with Crippen LogP contribution in [0, 0.1) is 13.8 Å². The highest BCUT2D eigenvalue weighted by atomic mass is 35.5. The number of carbonyl (C=O) groups is 3. The standard InChI is InChI=1S/C22H21ClN2O5/c1-13-4-7-16(8-5-13)24-19(26)11-25(3)20(27)12-29-22(28)21-14(2)17-10-15(23)6-9-18(17)30-21/h4-10H,11-12H2,1-3H3,(H,24,26). The van der Waals surface area contributed by atoms with Crippen LogP contribution in [0.2, 0.25) is 5.02 Å². The number of aryl methyl sites for hydroxylation is 2. The van der Waals surface area contributed by atoms with Gasteiger partial charge in [0.15, 0.2) is 6.61 Å². The number of esters is 1. The van der Waals surface area contributed by atoms with Gasteiger partial charge in [-0.1, -0.05) is 29.3 Å². The van der Waals surface area contributed by atoms with Crippen LogP contribution in [-0.2, 0) is 14.3 Å². The van der Waals surface area contributed by atoms with Crippen LogP contribution in [0.4, 0.5) is 5.69 Å². The molecule has 0 radical (unpaired) electrons. The van der Waals surface area contributed by atoms with E-state index >= 15 is 0 Å². The average molecular weight is 429 g/mol. The highest BCUT2D eigenvalue weighted by Crippen LogP contribution is 2.28. The quantitative estimate of drug-likeness (QED) is 0.600. The van der Waals surface area contributed by atoms with Gasteiger partial charge in [0.2, 0.25) is 11.7 Å². The van der Waals surface area contributed by atoms with E-state index in [0.29, 0.717) is 27.2 Å². The summed E-state index contributed by atoms with van der Waals surface area (Å²) < 4.78 is 10.6. The van der Waals surface area contributed by atoms with Crippen LogP contribution >= 0.6 is 11.6 Å². The number of likely N-dealkylation sites (N-methyl/N-ethyl adjacent to an activating group) is 1. The van der Waals surface area contributed by atoms with Gasteiger partial charge in [-0.3, -0.25) is 9.59 Å². The largest absolute Gasteiger partial charge is 0.450 e. The van der Waals surface area contributed by atoms with Crippen LogP contribution in [0.15, 0.2) is 46.9 Å². The molecule has 0 atom stereocenters. The van der Waals surface area contributed by atoms with Crippen LogP contribution in [0.3, 0.4) is 0 Å². The molecule has 0 saturated heterocycles. The number of fused-ring (bicyclic) bond motifs is 1. The summed E-state index contributed by atoms with van der Waals surface area (Å²) in [5.41, 5.74) is 2.79. The lowest BCUT2D eigenvalue weighted by atomic mass is 10.1. The molecule has 8 heteroatoms. The van der Waals surface area contributed by atoms with Crippen molar-refractivity contribution in [2.75, 3.05) is 25.5 Å². The molecule has 1 N–H and O–H groups in total. The maximum absolute atomic E-state index is 12.3. The van der Waals surface area contributed by atoms with Gasteiger partial charge in [0.25, 0.3) is 5.91 Å². The van der Waals surface area contributed by atoms with E-state index in [0.717, 1.165) is 5.56 Å². The van der Waals surface area contributed by atoms with E-state index in [2.05, 4.69) is 5.32 Å². The Balaban J connectivity index is 1.54. The molecule has 0 bridgehead atoms. The van der Waals surface area contributed by atoms with Crippen LogP contribution < -0.4 is 5.32 Å². The van der Waals surface area contributed by atoms with Crippen molar-refractivity contribution in [3.63, 3.8) is 0 Å². The Morgan fingerprint density at radius 3 is 2.50 bits per heavy atom. The second kappa shape index (κ2) is 9.00. The van der Waals surface area contributed by atoms with Gasteiger partial charge in [-0.2, -0.15) is 0 Å². The molecule has 0 fully saturated rings. The zero-order valence-electron chi connectivity index (χ0n) is 16.8. The third kappa shape index (κ3) is 4.99. The van der Waals surface area contributed by atoms with Crippen molar-refractivity contribution in [1.82, 2.24) is 4.90 Å². The van der Waals surface area contributed by atoms with E-state index in [1.807, 2.05) is 19.1 Å². The van der Waals surface area contributed by atoms with Gasteiger partial charge >= 0.3 is 5.97 Å². The molecule has 1 aromatic heterocycles. The SMILES string of the molecule is Cc1ccc(NC(=O)CN(C)C(=O)COC(=O)c2oc3ccc(Cl)cc3c2C)cc1. The first-order valence-electron chi connectivity index (χ1n) is 9.21. The lowest BCUT2D eigenvalue weighted by molar-refractivity contribution is -0.136. The summed E-state index contributed by atoms with van der Waals surface area (Å²) in [5.74, 6) is -1.62. The molecule has 2 aromatic carbocycles. The molecular formula is C22H21ClN2O5. The zero-order chi connectivity index (χ0) is 21.8. The van der Waals surface area contributed by atoms with Gasteiger partial charge < -0.3 is 19.4 Å².